The van der Waals surface area contributed by atoms with Crippen molar-refractivity contribution in [2.24, 2.45) is 0 Å². The van der Waals surface area contributed by atoms with E-state index < -0.39 is 23.4 Å². The lowest BCUT2D eigenvalue weighted by Crippen LogP contribution is -2.44. The average Bonchev–Trinajstić information content (AvgIpc) is 2.29. The number of carbonyl (C=O) groups excluding carboxylic acids is 2. The standard InChI is InChI=1S/C14H19Cl2N3O4/c1-13(2,3)22-11(20)19(12(21)23-14(4,5)6)9-8(15)7-17-10(16)18-9/h7H,1-6H3. The fraction of sp³-hybridized carbons (Fsp3) is 0.571. The molecule has 0 atom stereocenters. The molecule has 0 aromatic carbocycles. The van der Waals surface area contributed by atoms with Crippen molar-refractivity contribution in [2.45, 2.75) is 52.7 Å². The fourth-order valence-corrected chi connectivity index (χ4v) is 1.66. The number of anilines is 1. The zero-order valence-electron chi connectivity index (χ0n) is 13.8. The summed E-state index contributed by atoms with van der Waals surface area (Å²) in [6.07, 6.45) is -0.791. The summed E-state index contributed by atoms with van der Waals surface area (Å²) in [7, 11) is 0. The van der Waals surface area contributed by atoms with Gasteiger partial charge in [-0.2, -0.15) is 9.88 Å². The molecule has 0 saturated carbocycles. The highest BCUT2D eigenvalue weighted by atomic mass is 35.5. The molecule has 0 N–H and O–H groups in total. The first kappa shape index (κ1) is 19.4. The van der Waals surface area contributed by atoms with Crippen LogP contribution in [-0.2, 0) is 9.47 Å². The Morgan fingerprint density at radius 3 is 1.83 bits per heavy atom. The second-order valence-corrected chi connectivity index (χ2v) is 7.35. The van der Waals surface area contributed by atoms with Gasteiger partial charge in [-0.05, 0) is 53.1 Å². The molecule has 0 radical (unpaired) electrons. The van der Waals surface area contributed by atoms with E-state index in [-0.39, 0.29) is 16.1 Å². The first-order valence-corrected chi connectivity index (χ1v) is 7.50. The molecule has 9 heteroatoms. The van der Waals surface area contributed by atoms with E-state index in [2.05, 4.69) is 9.97 Å². The molecule has 0 aliphatic carbocycles. The smallest absolute Gasteiger partial charge is 0.425 e. The number of carbonyl (C=O) groups is 2. The maximum absolute atomic E-state index is 12.4. The summed E-state index contributed by atoms with van der Waals surface area (Å²) in [4.78, 5) is 32.9. The zero-order chi connectivity index (χ0) is 18.0. The highest BCUT2D eigenvalue weighted by Gasteiger charge is 2.35. The van der Waals surface area contributed by atoms with Gasteiger partial charge in [0.2, 0.25) is 5.28 Å². The van der Waals surface area contributed by atoms with Crippen LogP contribution in [0.2, 0.25) is 10.3 Å². The Balaban J connectivity index is 3.28. The van der Waals surface area contributed by atoms with Gasteiger partial charge in [0.1, 0.15) is 16.2 Å². The largest absolute Gasteiger partial charge is 0.443 e. The predicted octanol–water partition coefficient (Wildman–Crippen LogP) is 4.46. The third kappa shape index (κ3) is 6.19. The van der Waals surface area contributed by atoms with Gasteiger partial charge < -0.3 is 9.47 Å². The molecule has 1 rings (SSSR count). The van der Waals surface area contributed by atoms with Crippen molar-refractivity contribution >= 4 is 41.2 Å². The van der Waals surface area contributed by atoms with Gasteiger partial charge in [0.25, 0.3) is 0 Å². The number of halogens is 2. The number of amides is 2. The van der Waals surface area contributed by atoms with Gasteiger partial charge in [-0.15, -0.1) is 0 Å². The molecule has 2 amide bonds. The van der Waals surface area contributed by atoms with Gasteiger partial charge in [0.05, 0.1) is 6.20 Å². The Hall–Kier alpha value is -1.60. The molecule has 1 aromatic rings. The van der Waals surface area contributed by atoms with Crippen LogP contribution in [-0.4, -0.2) is 33.4 Å². The Bertz CT molecular complexity index is 581. The topological polar surface area (TPSA) is 81.6 Å². The van der Waals surface area contributed by atoms with Crippen molar-refractivity contribution in [1.29, 1.82) is 0 Å². The number of hydrogen-bond acceptors (Lipinski definition) is 6. The maximum atomic E-state index is 12.4. The lowest BCUT2D eigenvalue weighted by molar-refractivity contribution is 0.0429. The van der Waals surface area contributed by atoms with Gasteiger partial charge in [-0.25, -0.2) is 14.6 Å². The molecule has 0 fully saturated rings. The van der Waals surface area contributed by atoms with Crippen LogP contribution in [0.4, 0.5) is 15.4 Å². The van der Waals surface area contributed by atoms with Gasteiger partial charge in [-0.3, -0.25) is 0 Å². The third-order valence-electron chi connectivity index (χ3n) is 2.06. The predicted molar refractivity (Wildman–Crippen MR) is 87.0 cm³/mol. The monoisotopic (exact) mass is 363 g/mol. The molecule has 0 bridgehead atoms. The lowest BCUT2D eigenvalue weighted by Gasteiger charge is -2.28. The number of imide groups is 1. The van der Waals surface area contributed by atoms with Crippen LogP contribution in [0.5, 0.6) is 0 Å². The lowest BCUT2D eigenvalue weighted by atomic mass is 10.2. The minimum atomic E-state index is -0.983. The Morgan fingerprint density at radius 2 is 1.43 bits per heavy atom. The minimum Gasteiger partial charge on any atom is -0.443 e. The van der Waals surface area contributed by atoms with E-state index in [9.17, 15) is 9.59 Å². The number of hydrogen-bond donors (Lipinski definition) is 0. The first-order valence-electron chi connectivity index (χ1n) is 6.74. The van der Waals surface area contributed by atoms with Gasteiger partial charge >= 0.3 is 12.2 Å². The van der Waals surface area contributed by atoms with Gasteiger partial charge in [0, 0.05) is 0 Å². The third-order valence-corrected chi connectivity index (χ3v) is 2.51. The minimum absolute atomic E-state index is 0.0499. The van der Waals surface area contributed by atoms with Crippen LogP contribution >= 0.6 is 23.2 Å². The summed E-state index contributed by atoms with van der Waals surface area (Å²) in [5.74, 6) is -0.213. The Kier molecular flexibility index (Phi) is 5.82. The van der Waals surface area contributed by atoms with Crippen LogP contribution < -0.4 is 4.90 Å². The van der Waals surface area contributed by atoms with Crippen LogP contribution in [0.1, 0.15) is 41.5 Å². The maximum Gasteiger partial charge on any atom is 0.425 e. The second kappa shape index (κ2) is 6.88. The SMILES string of the molecule is CC(C)(C)OC(=O)N(C(=O)OC(C)(C)C)c1nc(Cl)ncc1Cl. The quantitative estimate of drug-likeness (QED) is 0.685. The van der Waals surface area contributed by atoms with Crippen molar-refractivity contribution in [3.8, 4) is 0 Å². The Labute approximate surface area is 144 Å². The van der Waals surface area contributed by atoms with E-state index in [0.717, 1.165) is 0 Å². The number of aromatic nitrogens is 2. The molecule has 0 aliphatic rings. The normalized spacial score (nSPS) is 11.8. The molecule has 0 saturated heterocycles. The van der Waals surface area contributed by atoms with E-state index in [1.54, 1.807) is 41.5 Å². The summed E-state index contributed by atoms with van der Waals surface area (Å²) >= 11 is 11.7. The molecule has 7 nitrogen and oxygen atoms in total. The molecule has 0 aliphatic heterocycles. The van der Waals surface area contributed by atoms with Gasteiger partial charge in [0.15, 0.2) is 5.82 Å². The number of nitrogens with zero attached hydrogens (tertiary/aromatic N) is 3. The average molecular weight is 364 g/mol. The van der Waals surface area contributed by atoms with Crippen molar-refractivity contribution in [3.05, 3.63) is 16.5 Å². The molecule has 128 valence electrons. The van der Waals surface area contributed by atoms with E-state index in [4.69, 9.17) is 32.7 Å². The molecule has 0 unspecified atom stereocenters. The zero-order valence-corrected chi connectivity index (χ0v) is 15.3. The van der Waals surface area contributed by atoms with Crippen molar-refractivity contribution in [2.75, 3.05) is 4.90 Å². The van der Waals surface area contributed by atoms with E-state index >= 15 is 0 Å². The van der Waals surface area contributed by atoms with Crippen LogP contribution in [0.15, 0.2) is 6.20 Å². The number of rotatable bonds is 1. The highest BCUT2D eigenvalue weighted by molar-refractivity contribution is 6.35. The molecular weight excluding hydrogens is 345 g/mol. The van der Waals surface area contributed by atoms with E-state index in [1.165, 1.54) is 6.20 Å². The fourth-order valence-electron chi connectivity index (χ4n) is 1.36. The van der Waals surface area contributed by atoms with Crippen molar-refractivity contribution in [1.82, 2.24) is 9.97 Å². The Morgan fingerprint density at radius 1 is 1.00 bits per heavy atom. The summed E-state index contributed by atoms with van der Waals surface area (Å²) in [6, 6.07) is 0. The number of ether oxygens (including phenoxy) is 2. The summed E-state index contributed by atoms with van der Waals surface area (Å²) in [5, 5.41) is -0.229. The molecule has 1 heterocycles. The van der Waals surface area contributed by atoms with Crippen LogP contribution in [0.25, 0.3) is 0 Å². The van der Waals surface area contributed by atoms with Gasteiger partial charge in [-0.1, -0.05) is 11.6 Å². The second-order valence-electron chi connectivity index (χ2n) is 6.61. The molecule has 23 heavy (non-hydrogen) atoms. The summed E-state index contributed by atoms with van der Waals surface area (Å²) < 4.78 is 10.4. The molecule has 0 spiro atoms. The van der Waals surface area contributed by atoms with E-state index in [1.807, 2.05) is 0 Å². The van der Waals surface area contributed by atoms with Crippen molar-refractivity contribution in [3.63, 3.8) is 0 Å². The van der Waals surface area contributed by atoms with Crippen LogP contribution in [0, 0.1) is 0 Å². The highest BCUT2D eigenvalue weighted by Crippen LogP contribution is 2.27. The van der Waals surface area contributed by atoms with Crippen LogP contribution in [0.3, 0.4) is 0 Å². The summed E-state index contributed by atoms with van der Waals surface area (Å²) in [6.45, 7) is 9.96. The molecular formula is C14H19Cl2N3O4. The van der Waals surface area contributed by atoms with Crippen molar-refractivity contribution < 1.29 is 19.1 Å². The first-order chi connectivity index (χ1) is 10.3. The van der Waals surface area contributed by atoms with E-state index in [0.29, 0.717) is 4.90 Å². The summed E-state index contributed by atoms with van der Waals surface area (Å²) in [5.41, 5.74) is -1.67. The molecule has 1 aromatic heterocycles.